The molecule has 278 valence electrons. The van der Waals surface area contributed by atoms with Gasteiger partial charge in [0.25, 0.3) is 0 Å². The SMILES string of the molecule is CC12CC3(C)CC(c4ccc(OCCO)cc4)(C1)CC(c1ccc(OCCO)cc1)(C2)C3.OCCOc1ccc(-c2ccc(OCCO)cc2)cc1. The van der Waals surface area contributed by atoms with Crippen LogP contribution in [0.4, 0.5) is 0 Å². The fourth-order valence-electron chi connectivity index (χ4n) is 10.3. The van der Waals surface area contributed by atoms with Crippen molar-refractivity contribution in [3.63, 3.8) is 0 Å². The lowest BCUT2D eigenvalue weighted by molar-refractivity contribution is -0.126. The molecule has 0 atom stereocenters. The molecule has 4 fully saturated rings. The average Bonchev–Trinajstić information content (AvgIpc) is 3.14. The van der Waals surface area contributed by atoms with E-state index < -0.39 is 0 Å². The topological polar surface area (TPSA) is 118 Å². The summed E-state index contributed by atoms with van der Waals surface area (Å²) >= 11 is 0. The summed E-state index contributed by atoms with van der Waals surface area (Å²) in [4.78, 5) is 0. The van der Waals surface area contributed by atoms with Crippen molar-refractivity contribution in [3.05, 3.63) is 108 Å². The second-order valence-corrected chi connectivity index (χ2v) is 15.6. The molecule has 4 aromatic rings. The van der Waals surface area contributed by atoms with E-state index in [0.717, 1.165) is 34.1 Å². The van der Waals surface area contributed by atoms with Gasteiger partial charge in [0.1, 0.15) is 49.4 Å². The molecule has 8 rings (SSSR count). The van der Waals surface area contributed by atoms with Crippen LogP contribution in [0.5, 0.6) is 23.0 Å². The van der Waals surface area contributed by atoms with E-state index in [-0.39, 0.29) is 37.3 Å². The molecule has 4 aromatic carbocycles. The predicted octanol–water partition coefficient (Wildman–Crippen LogP) is 7.09. The second kappa shape index (κ2) is 16.3. The lowest BCUT2D eigenvalue weighted by atomic mass is 9.34. The van der Waals surface area contributed by atoms with E-state index in [1.54, 1.807) is 0 Å². The molecule has 4 bridgehead atoms. The first-order valence-electron chi connectivity index (χ1n) is 18.5. The zero-order valence-corrected chi connectivity index (χ0v) is 30.6. The Labute approximate surface area is 308 Å². The fourth-order valence-corrected chi connectivity index (χ4v) is 10.3. The van der Waals surface area contributed by atoms with Gasteiger partial charge in [0.15, 0.2) is 0 Å². The Kier molecular flexibility index (Phi) is 11.8. The number of benzene rings is 4. The molecule has 4 saturated carbocycles. The molecule has 0 aromatic heterocycles. The molecule has 0 radical (unpaired) electrons. The summed E-state index contributed by atoms with van der Waals surface area (Å²) in [5, 5.41) is 35.5. The van der Waals surface area contributed by atoms with Crippen molar-refractivity contribution in [1.29, 1.82) is 0 Å². The number of aliphatic hydroxyl groups excluding tert-OH is 4. The van der Waals surface area contributed by atoms with Gasteiger partial charge < -0.3 is 39.4 Å². The first kappa shape index (κ1) is 37.7. The van der Waals surface area contributed by atoms with Gasteiger partial charge in [-0.2, -0.15) is 0 Å². The zero-order chi connectivity index (χ0) is 36.7. The molecule has 8 nitrogen and oxygen atoms in total. The predicted molar refractivity (Wildman–Crippen MR) is 202 cm³/mol. The Balaban J connectivity index is 0.000000200. The van der Waals surface area contributed by atoms with Crippen LogP contribution in [0, 0.1) is 10.8 Å². The maximum atomic E-state index is 9.05. The fraction of sp³-hybridized carbons (Fsp3) is 0.455. The molecule has 8 heteroatoms. The molecule has 0 saturated heterocycles. The minimum atomic E-state index is 0.0110. The van der Waals surface area contributed by atoms with Crippen LogP contribution in [0.1, 0.15) is 63.5 Å². The average molecular weight is 711 g/mol. The molecular weight excluding hydrogens is 656 g/mol. The van der Waals surface area contributed by atoms with Crippen LogP contribution in [-0.2, 0) is 10.8 Å². The molecule has 4 aliphatic carbocycles. The maximum Gasteiger partial charge on any atom is 0.119 e. The molecule has 0 spiro atoms. The summed E-state index contributed by atoms with van der Waals surface area (Å²) in [7, 11) is 0. The van der Waals surface area contributed by atoms with Crippen molar-refractivity contribution in [1.82, 2.24) is 0 Å². The van der Waals surface area contributed by atoms with Crippen LogP contribution in [-0.4, -0.2) is 73.3 Å². The maximum absolute atomic E-state index is 9.05. The van der Waals surface area contributed by atoms with Crippen molar-refractivity contribution < 1.29 is 39.4 Å². The normalized spacial score (nSPS) is 25.6. The molecule has 4 N–H and O–H groups in total. The highest BCUT2D eigenvalue weighted by Gasteiger charge is 2.66. The summed E-state index contributed by atoms with van der Waals surface area (Å²) in [6.07, 6.45) is 7.53. The monoisotopic (exact) mass is 710 g/mol. The Morgan fingerprint density at radius 3 is 0.923 bits per heavy atom. The molecular formula is C44H54O8. The van der Waals surface area contributed by atoms with Crippen molar-refractivity contribution in [3.8, 4) is 34.1 Å². The largest absolute Gasteiger partial charge is 0.491 e. The molecule has 0 aliphatic heterocycles. The zero-order valence-electron chi connectivity index (χ0n) is 30.6. The highest BCUT2D eigenvalue weighted by atomic mass is 16.5. The number of hydrogen-bond donors (Lipinski definition) is 4. The van der Waals surface area contributed by atoms with Crippen LogP contribution in [0.15, 0.2) is 97.1 Å². The minimum Gasteiger partial charge on any atom is -0.491 e. The minimum absolute atomic E-state index is 0.0110. The Morgan fingerprint density at radius 2 is 0.654 bits per heavy atom. The Hall–Kier alpha value is -4.08. The van der Waals surface area contributed by atoms with Gasteiger partial charge in [0.05, 0.1) is 26.4 Å². The number of hydrogen-bond acceptors (Lipinski definition) is 8. The molecule has 4 aliphatic rings. The van der Waals surface area contributed by atoms with Crippen molar-refractivity contribution in [2.75, 3.05) is 52.9 Å². The van der Waals surface area contributed by atoms with Crippen LogP contribution in [0.3, 0.4) is 0 Å². The van der Waals surface area contributed by atoms with E-state index in [0.29, 0.717) is 37.3 Å². The summed E-state index contributed by atoms with van der Waals surface area (Å²) in [5.41, 5.74) is 6.13. The number of rotatable bonds is 15. The van der Waals surface area contributed by atoms with Gasteiger partial charge in [-0.15, -0.1) is 0 Å². The summed E-state index contributed by atoms with van der Waals surface area (Å²) in [6, 6.07) is 32.8. The van der Waals surface area contributed by atoms with Crippen molar-refractivity contribution in [2.45, 2.75) is 63.2 Å². The van der Waals surface area contributed by atoms with Gasteiger partial charge in [-0.25, -0.2) is 0 Å². The number of aliphatic hydroxyl groups is 4. The third-order valence-corrected chi connectivity index (χ3v) is 11.0. The third kappa shape index (κ3) is 8.58. The van der Waals surface area contributed by atoms with Gasteiger partial charge in [-0.3, -0.25) is 0 Å². The first-order chi connectivity index (χ1) is 25.1. The highest BCUT2D eigenvalue weighted by molar-refractivity contribution is 5.64. The van der Waals surface area contributed by atoms with Crippen LogP contribution in [0.25, 0.3) is 11.1 Å². The van der Waals surface area contributed by atoms with E-state index >= 15 is 0 Å². The van der Waals surface area contributed by atoms with Crippen LogP contribution < -0.4 is 18.9 Å². The Morgan fingerprint density at radius 1 is 0.385 bits per heavy atom. The van der Waals surface area contributed by atoms with Gasteiger partial charge >= 0.3 is 0 Å². The van der Waals surface area contributed by atoms with Crippen LogP contribution >= 0.6 is 0 Å². The van der Waals surface area contributed by atoms with Gasteiger partial charge in [-0.1, -0.05) is 62.4 Å². The molecule has 0 amide bonds. The summed E-state index contributed by atoms with van der Waals surface area (Å²) in [6.45, 7) is 6.40. The van der Waals surface area contributed by atoms with Crippen LogP contribution in [0.2, 0.25) is 0 Å². The lowest BCUT2D eigenvalue weighted by Gasteiger charge is -2.70. The van der Waals surface area contributed by atoms with Gasteiger partial charge in [0, 0.05) is 0 Å². The lowest BCUT2D eigenvalue weighted by Crippen LogP contribution is -2.62. The summed E-state index contributed by atoms with van der Waals surface area (Å²) in [5.74, 6) is 3.15. The smallest absolute Gasteiger partial charge is 0.119 e. The molecule has 0 heterocycles. The van der Waals surface area contributed by atoms with Crippen molar-refractivity contribution >= 4 is 0 Å². The molecule has 0 unspecified atom stereocenters. The van der Waals surface area contributed by atoms with E-state index in [4.69, 9.17) is 39.4 Å². The highest BCUT2D eigenvalue weighted by Crippen LogP contribution is 2.74. The quantitative estimate of drug-likeness (QED) is 0.103. The van der Waals surface area contributed by atoms with E-state index in [2.05, 4.69) is 62.4 Å². The van der Waals surface area contributed by atoms with Gasteiger partial charge in [-0.05, 0) is 131 Å². The number of ether oxygens (including phenoxy) is 4. The standard InChI is InChI=1S/C28H36O4.C16H18O4/c1-25-15-26(2)18-27(16-25,21-3-7-23(8-4-21)31-13-11-29)20-28(17-25,19-26)22-5-9-24(10-6-22)32-14-12-30;17-9-11-19-15-5-1-13(2-6-15)14-3-7-16(8-4-14)20-12-10-18/h3-10,29-30H,11-20H2,1-2H3;1-8,17-18H,9-12H2. The second-order valence-electron chi connectivity index (χ2n) is 15.6. The van der Waals surface area contributed by atoms with E-state index in [9.17, 15) is 0 Å². The van der Waals surface area contributed by atoms with E-state index in [1.807, 2.05) is 48.5 Å². The first-order valence-corrected chi connectivity index (χ1v) is 18.5. The Bertz CT molecular complexity index is 1560. The van der Waals surface area contributed by atoms with Gasteiger partial charge in [0.2, 0.25) is 0 Å². The van der Waals surface area contributed by atoms with Crippen molar-refractivity contribution in [2.24, 2.45) is 10.8 Å². The van der Waals surface area contributed by atoms with E-state index in [1.165, 1.54) is 49.7 Å². The summed E-state index contributed by atoms with van der Waals surface area (Å²) < 4.78 is 21.9. The molecule has 52 heavy (non-hydrogen) atoms. The third-order valence-electron chi connectivity index (χ3n) is 11.0.